The van der Waals surface area contributed by atoms with Crippen molar-refractivity contribution in [2.24, 2.45) is 0 Å². The van der Waals surface area contributed by atoms with Gasteiger partial charge in [0.15, 0.2) is 9.84 Å². The Bertz CT molecular complexity index is 985. The zero-order valence-corrected chi connectivity index (χ0v) is 17.7. The van der Waals surface area contributed by atoms with Crippen LogP contribution in [0.5, 0.6) is 0 Å². The molecule has 29 heavy (non-hydrogen) atoms. The lowest BCUT2D eigenvalue weighted by atomic mass is 9.99. The summed E-state index contributed by atoms with van der Waals surface area (Å²) in [5.74, 6) is 0.188. The number of hydrogen-bond acceptors (Lipinski definition) is 4. The highest BCUT2D eigenvalue weighted by Gasteiger charge is 2.34. The van der Waals surface area contributed by atoms with Crippen LogP contribution in [0.25, 0.3) is 0 Å². The first-order valence-electron chi connectivity index (χ1n) is 10.3. The number of amides is 1. The normalized spacial score (nSPS) is 20.9. The van der Waals surface area contributed by atoms with Gasteiger partial charge in [0.05, 0.1) is 11.5 Å². The molecule has 2 aliphatic rings. The van der Waals surface area contributed by atoms with Crippen molar-refractivity contribution in [3.05, 3.63) is 70.8 Å². The number of sulfone groups is 1. The lowest BCUT2D eigenvalue weighted by molar-refractivity contribution is 0.0708. The summed E-state index contributed by atoms with van der Waals surface area (Å²) in [6.07, 6.45) is 1.61. The predicted molar refractivity (Wildman–Crippen MR) is 114 cm³/mol. The van der Waals surface area contributed by atoms with Gasteiger partial charge in [0.2, 0.25) is 0 Å². The van der Waals surface area contributed by atoms with Gasteiger partial charge in [-0.3, -0.25) is 9.69 Å². The average molecular weight is 413 g/mol. The molecule has 2 heterocycles. The van der Waals surface area contributed by atoms with Crippen molar-refractivity contribution in [1.29, 1.82) is 0 Å². The second-order valence-electron chi connectivity index (χ2n) is 8.07. The first-order chi connectivity index (χ1) is 13.9. The third-order valence-corrected chi connectivity index (χ3v) is 7.82. The van der Waals surface area contributed by atoms with Gasteiger partial charge >= 0.3 is 0 Å². The standard InChI is InChI=1S/C23H28N2O3S/c1-2-25(22-12-14-29(27,28)17-22)23(26)20-9-7-18(8-10-20)15-24-13-11-19-5-3-4-6-21(19)16-24/h3-10,22H,2,11-17H2,1H3. The van der Waals surface area contributed by atoms with E-state index in [0.29, 0.717) is 18.5 Å². The zero-order valence-electron chi connectivity index (χ0n) is 16.9. The second kappa shape index (κ2) is 8.28. The van der Waals surface area contributed by atoms with Crippen LogP contribution in [0, 0.1) is 0 Å². The van der Waals surface area contributed by atoms with Gasteiger partial charge in [-0.1, -0.05) is 36.4 Å². The van der Waals surface area contributed by atoms with Crippen LogP contribution in [-0.2, 0) is 29.3 Å². The van der Waals surface area contributed by atoms with Gasteiger partial charge < -0.3 is 4.90 Å². The molecule has 2 aromatic rings. The fourth-order valence-electron chi connectivity index (χ4n) is 4.45. The Balaban J connectivity index is 1.40. The van der Waals surface area contributed by atoms with Gasteiger partial charge in [-0.15, -0.1) is 0 Å². The molecule has 2 aliphatic heterocycles. The third-order valence-electron chi connectivity index (χ3n) is 6.07. The highest BCUT2D eigenvalue weighted by atomic mass is 32.2. The zero-order chi connectivity index (χ0) is 20.4. The molecule has 1 amide bonds. The van der Waals surface area contributed by atoms with Crippen LogP contribution in [0.4, 0.5) is 0 Å². The number of carbonyl (C=O) groups excluding carboxylic acids is 1. The summed E-state index contributed by atoms with van der Waals surface area (Å²) < 4.78 is 23.6. The Morgan fingerprint density at radius 3 is 2.48 bits per heavy atom. The SMILES string of the molecule is CCN(C(=O)c1ccc(CN2CCc3ccccc3C2)cc1)C1CCS(=O)(=O)C1. The molecule has 2 aromatic carbocycles. The molecule has 1 saturated heterocycles. The molecule has 0 saturated carbocycles. The van der Waals surface area contributed by atoms with E-state index in [4.69, 9.17) is 0 Å². The van der Waals surface area contributed by atoms with Crippen molar-refractivity contribution in [3.63, 3.8) is 0 Å². The minimum absolute atomic E-state index is 0.0759. The molecule has 0 radical (unpaired) electrons. The topological polar surface area (TPSA) is 57.7 Å². The van der Waals surface area contributed by atoms with Crippen LogP contribution < -0.4 is 0 Å². The highest BCUT2D eigenvalue weighted by molar-refractivity contribution is 7.91. The van der Waals surface area contributed by atoms with E-state index >= 15 is 0 Å². The Hall–Kier alpha value is -2.18. The Morgan fingerprint density at radius 1 is 1.10 bits per heavy atom. The number of benzene rings is 2. The lowest BCUT2D eigenvalue weighted by Gasteiger charge is -2.29. The molecule has 0 N–H and O–H groups in total. The van der Waals surface area contributed by atoms with E-state index < -0.39 is 9.84 Å². The summed E-state index contributed by atoms with van der Waals surface area (Å²) in [6.45, 7) is 5.29. The van der Waals surface area contributed by atoms with E-state index in [1.165, 1.54) is 16.7 Å². The third kappa shape index (κ3) is 4.54. The average Bonchev–Trinajstić information content (AvgIpc) is 3.08. The van der Waals surface area contributed by atoms with Crippen LogP contribution >= 0.6 is 0 Å². The molecule has 6 heteroatoms. The fraction of sp³-hybridized carbons (Fsp3) is 0.435. The van der Waals surface area contributed by atoms with Crippen LogP contribution in [0.3, 0.4) is 0 Å². The Morgan fingerprint density at radius 2 is 1.83 bits per heavy atom. The van der Waals surface area contributed by atoms with Crippen molar-refractivity contribution in [1.82, 2.24) is 9.80 Å². The van der Waals surface area contributed by atoms with E-state index in [1.807, 2.05) is 31.2 Å². The highest BCUT2D eigenvalue weighted by Crippen LogP contribution is 2.22. The maximum Gasteiger partial charge on any atom is 0.254 e. The summed E-state index contributed by atoms with van der Waals surface area (Å²) in [4.78, 5) is 17.1. The minimum atomic E-state index is -3.01. The van der Waals surface area contributed by atoms with Crippen molar-refractivity contribution in [2.75, 3.05) is 24.6 Å². The van der Waals surface area contributed by atoms with Gasteiger partial charge in [-0.25, -0.2) is 8.42 Å². The molecule has 1 fully saturated rings. The van der Waals surface area contributed by atoms with Gasteiger partial charge in [0.1, 0.15) is 0 Å². The number of hydrogen-bond donors (Lipinski definition) is 0. The van der Waals surface area contributed by atoms with Gasteiger partial charge in [-0.2, -0.15) is 0 Å². The summed E-state index contributed by atoms with van der Waals surface area (Å²) in [5, 5.41) is 0. The molecule has 154 valence electrons. The fourth-order valence-corrected chi connectivity index (χ4v) is 6.19. The van der Waals surface area contributed by atoms with Crippen LogP contribution in [-0.4, -0.2) is 54.8 Å². The smallest absolute Gasteiger partial charge is 0.254 e. The van der Waals surface area contributed by atoms with Crippen molar-refractivity contribution < 1.29 is 13.2 Å². The quantitative estimate of drug-likeness (QED) is 0.758. The molecular formula is C23H28N2O3S. The monoisotopic (exact) mass is 412 g/mol. The molecule has 1 unspecified atom stereocenters. The lowest BCUT2D eigenvalue weighted by Crippen LogP contribution is -2.41. The van der Waals surface area contributed by atoms with E-state index in [9.17, 15) is 13.2 Å². The molecule has 1 atom stereocenters. The van der Waals surface area contributed by atoms with E-state index in [0.717, 1.165) is 26.1 Å². The molecule has 0 bridgehead atoms. The van der Waals surface area contributed by atoms with E-state index in [-0.39, 0.29) is 23.5 Å². The van der Waals surface area contributed by atoms with Crippen molar-refractivity contribution in [2.45, 2.75) is 38.9 Å². The largest absolute Gasteiger partial charge is 0.335 e. The van der Waals surface area contributed by atoms with Gasteiger partial charge in [-0.05, 0) is 48.6 Å². The van der Waals surface area contributed by atoms with Gasteiger partial charge in [0.25, 0.3) is 5.91 Å². The van der Waals surface area contributed by atoms with Crippen molar-refractivity contribution >= 4 is 15.7 Å². The minimum Gasteiger partial charge on any atom is -0.335 e. The first kappa shape index (κ1) is 20.1. The Labute approximate surface area is 173 Å². The second-order valence-corrected chi connectivity index (χ2v) is 10.3. The molecule has 0 spiro atoms. The number of rotatable bonds is 5. The summed E-state index contributed by atoms with van der Waals surface area (Å²) in [7, 11) is -3.01. The maximum atomic E-state index is 12.9. The molecule has 0 aliphatic carbocycles. The first-order valence-corrected chi connectivity index (χ1v) is 12.2. The van der Waals surface area contributed by atoms with E-state index in [2.05, 4.69) is 29.2 Å². The maximum absolute atomic E-state index is 12.9. The summed E-state index contributed by atoms with van der Waals surface area (Å²) >= 11 is 0. The van der Waals surface area contributed by atoms with Crippen LogP contribution in [0.15, 0.2) is 48.5 Å². The van der Waals surface area contributed by atoms with Crippen LogP contribution in [0.2, 0.25) is 0 Å². The van der Waals surface area contributed by atoms with E-state index in [1.54, 1.807) is 4.90 Å². The number of nitrogens with zero attached hydrogens (tertiary/aromatic N) is 2. The molecule has 0 aromatic heterocycles. The summed E-state index contributed by atoms with van der Waals surface area (Å²) in [5.41, 5.74) is 4.66. The molecular weight excluding hydrogens is 384 g/mol. The van der Waals surface area contributed by atoms with Crippen LogP contribution in [0.1, 0.15) is 40.4 Å². The molecule has 4 rings (SSSR count). The van der Waals surface area contributed by atoms with Crippen molar-refractivity contribution in [3.8, 4) is 0 Å². The van der Waals surface area contributed by atoms with Gasteiger partial charge in [0, 0.05) is 37.8 Å². The molecule has 5 nitrogen and oxygen atoms in total. The number of carbonyl (C=O) groups is 1. The summed E-state index contributed by atoms with van der Waals surface area (Å²) in [6, 6.07) is 16.2. The predicted octanol–water partition coefficient (Wildman–Crippen LogP) is 2.89. The number of fused-ring (bicyclic) bond motifs is 1. The Kier molecular flexibility index (Phi) is 5.74.